The van der Waals surface area contributed by atoms with Gasteiger partial charge in [-0.1, -0.05) is 26.7 Å². The second-order valence-corrected chi connectivity index (χ2v) is 4.21. The Hall–Kier alpha value is -0.770. The molecule has 0 fully saturated rings. The molecule has 0 heterocycles. The number of aliphatic hydroxyl groups is 1. The zero-order chi connectivity index (χ0) is 11.2. The van der Waals surface area contributed by atoms with Crippen LogP contribution in [-0.2, 0) is 0 Å². The van der Waals surface area contributed by atoms with Gasteiger partial charge in [0, 0.05) is 19.0 Å². The summed E-state index contributed by atoms with van der Waals surface area (Å²) in [6.07, 6.45) is 2.00. The number of amides is 1. The van der Waals surface area contributed by atoms with Gasteiger partial charge in [-0.25, -0.2) is 4.79 Å². The van der Waals surface area contributed by atoms with Crippen molar-refractivity contribution in [2.75, 3.05) is 20.2 Å². The first-order chi connectivity index (χ1) is 6.45. The number of nitrogens with zero attached hydrogens (tertiary/aromatic N) is 1. The number of aliphatic hydroxyl groups excluding tert-OH is 1. The monoisotopic (exact) mass is 203 g/mol. The molecule has 0 aromatic heterocycles. The molecule has 0 radical (unpaired) electrons. The Kier molecular flexibility index (Phi) is 5.53. The van der Waals surface area contributed by atoms with Crippen molar-refractivity contribution in [2.24, 2.45) is 5.41 Å². The van der Waals surface area contributed by atoms with Crippen LogP contribution < -0.4 is 0 Å². The maximum Gasteiger partial charge on any atom is 0.407 e. The summed E-state index contributed by atoms with van der Waals surface area (Å²) in [5.74, 6) is 0. The lowest BCUT2D eigenvalue weighted by Crippen LogP contribution is -2.38. The predicted octanol–water partition coefficient (Wildman–Crippen LogP) is 1.78. The molecule has 0 bridgehead atoms. The van der Waals surface area contributed by atoms with Crippen LogP contribution in [-0.4, -0.2) is 41.4 Å². The van der Waals surface area contributed by atoms with Gasteiger partial charge in [0.15, 0.2) is 0 Å². The second kappa shape index (κ2) is 5.86. The van der Waals surface area contributed by atoms with Crippen LogP contribution in [0.1, 0.15) is 33.1 Å². The minimum atomic E-state index is -0.943. The van der Waals surface area contributed by atoms with E-state index in [0.29, 0.717) is 6.54 Å². The molecule has 0 rings (SSSR count). The van der Waals surface area contributed by atoms with Crippen molar-refractivity contribution in [3.8, 4) is 0 Å². The minimum Gasteiger partial charge on any atom is -0.465 e. The van der Waals surface area contributed by atoms with E-state index in [1.165, 1.54) is 11.9 Å². The van der Waals surface area contributed by atoms with Gasteiger partial charge in [0.05, 0.1) is 6.61 Å². The molecule has 4 heteroatoms. The SMILES string of the molecule is CCCCC(C)(CO)CN(C)C(=O)O. The normalized spacial score (nSPS) is 14.9. The van der Waals surface area contributed by atoms with E-state index >= 15 is 0 Å². The van der Waals surface area contributed by atoms with Gasteiger partial charge in [0.25, 0.3) is 0 Å². The molecular weight excluding hydrogens is 182 g/mol. The first-order valence-corrected chi connectivity index (χ1v) is 5.00. The summed E-state index contributed by atoms with van der Waals surface area (Å²) >= 11 is 0. The highest BCUT2D eigenvalue weighted by Crippen LogP contribution is 2.24. The number of unbranched alkanes of at least 4 members (excludes halogenated alkanes) is 1. The van der Waals surface area contributed by atoms with Crippen molar-refractivity contribution in [2.45, 2.75) is 33.1 Å². The fraction of sp³-hybridized carbons (Fsp3) is 0.900. The van der Waals surface area contributed by atoms with Gasteiger partial charge < -0.3 is 15.1 Å². The van der Waals surface area contributed by atoms with E-state index in [-0.39, 0.29) is 12.0 Å². The molecule has 0 spiro atoms. The van der Waals surface area contributed by atoms with Gasteiger partial charge in [-0.2, -0.15) is 0 Å². The van der Waals surface area contributed by atoms with E-state index < -0.39 is 6.09 Å². The fourth-order valence-electron chi connectivity index (χ4n) is 1.45. The Labute approximate surface area is 85.5 Å². The highest BCUT2D eigenvalue weighted by molar-refractivity contribution is 5.64. The summed E-state index contributed by atoms with van der Waals surface area (Å²) in [6, 6.07) is 0. The van der Waals surface area contributed by atoms with E-state index in [9.17, 15) is 9.90 Å². The highest BCUT2D eigenvalue weighted by Gasteiger charge is 2.26. The number of rotatable bonds is 6. The van der Waals surface area contributed by atoms with E-state index in [4.69, 9.17) is 5.11 Å². The lowest BCUT2D eigenvalue weighted by Gasteiger charge is -2.30. The van der Waals surface area contributed by atoms with Crippen molar-refractivity contribution in [3.63, 3.8) is 0 Å². The molecular formula is C10H21NO3. The molecule has 0 saturated carbocycles. The van der Waals surface area contributed by atoms with E-state index in [1.54, 1.807) is 0 Å². The maximum atomic E-state index is 10.6. The van der Waals surface area contributed by atoms with Gasteiger partial charge in [-0.05, 0) is 6.42 Å². The summed E-state index contributed by atoms with van der Waals surface area (Å²) in [4.78, 5) is 11.8. The van der Waals surface area contributed by atoms with Crippen LogP contribution >= 0.6 is 0 Å². The van der Waals surface area contributed by atoms with E-state index in [0.717, 1.165) is 19.3 Å². The molecule has 0 aromatic carbocycles. The number of hydrogen-bond acceptors (Lipinski definition) is 2. The van der Waals surface area contributed by atoms with Gasteiger partial charge >= 0.3 is 6.09 Å². The second-order valence-electron chi connectivity index (χ2n) is 4.21. The molecule has 1 amide bonds. The van der Waals surface area contributed by atoms with Gasteiger partial charge in [-0.15, -0.1) is 0 Å². The maximum absolute atomic E-state index is 10.6. The molecule has 84 valence electrons. The summed E-state index contributed by atoms with van der Waals surface area (Å²) in [5, 5.41) is 17.9. The van der Waals surface area contributed by atoms with Crippen LogP contribution in [0.25, 0.3) is 0 Å². The minimum absolute atomic E-state index is 0.0324. The van der Waals surface area contributed by atoms with Gasteiger partial charge in [-0.3, -0.25) is 0 Å². The molecule has 2 N–H and O–H groups in total. The smallest absolute Gasteiger partial charge is 0.407 e. The van der Waals surface area contributed by atoms with Crippen LogP contribution in [0.3, 0.4) is 0 Å². The molecule has 0 aliphatic heterocycles. The van der Waals surface area contributed by atoms with Crippen molar-refractivity contribution in [1.82, 2.24) is 4.90 Å². The lowest BCUT2D eigenvalue weighted by atomic mass is 9.85. The molecule has 0 aromatic rings. The van der Waals surface area contributed by atoms with Crippen molar-refractivity contribution >= 4 is 6.09 Å². The van der Waals surface area contributed by atoms with Crippen molar-refractivity contribution in [3.05, 3.63) is 0 Å². The molecule has 1 unspecified atom stereocenters. The Morgan fingerprint density at radius 2 is 2.07 bits per heavy atom. The molecule has 0 aliphatic rings. The topological polar surface area (TPSA) is 60.8 Å². The van der Waals surface area contributed by atoms with Gasteiger partial charge in [0.2, 0.25) is 0 Å². The van der Waals surface area contributed by atoms with Crippen LogP contribution in [0, 0.1) is 5.41 Å². The molecule has 4 nitrogen and oxygen atoms in total. The quantitative estimate of drug-likeness (QED) is 0.691. The third-order valence-electron chi connectivity index (χ3n) is 2.46. The van der Waals surface area contributed by atoms with Crippen molar-refractivity contribution in [1.29, 1.82) is 0 Å². The molecule has 1 atom stereocenters. The summed E-state index contributed by atoms with van der Waals surface area (Å²) < 4.78 is 0. The Morgan fingerprint density at radius 3 is 2.43 bits per heavy atom. The molecule has 0 saturated heterocycles. The zero-order valence-corrected chi connectivity index (χ0v) is 9.29. The zero-order valence-electron chi connectivity index (χ0n) is 9.29. The number of hydrogen-bond donors (Lipinski definition) is 2. The average Bonchev–Trinajstić information content (AvgIpc) is 2.14. The van der Waals surface area contributed by atoms with Crippen LogP contribution in [0.5, 0.6) is 0 Å². The highest BCUT2D eigenvalue weighted by atomic mass is 16.4. The summed E-state index contributed by atoms with van der Waals surface area (Å²) in [5.41, 5.74) is -0.302. The Morgan fingerprint density at radius 1 is 1.50 bits per heavy atom. The van der Waals surface area contributed by atoms with Crippen LogP contribution in [0.4, 0.5) is 4.79 Å². The van der Waals surface area contributed by atoms with Crippen LogP contribution in [0.2, 0.25) is 0 Å². The summed E-state index contributed by atoms with van der Waals surface area (Å²) in [7, 11) is 1.53. The average molecular weight is 203 g/mol. The Bertz CT molecular complexity index is 184. The molecule has 0 aliphatic carbocycles. The standard InChI is InChI=1S/C10H21NO3/c1-4-5-6-10(2,8-12)7-11(3)9(13)14/h12H,4-8H2,1-3H3,(H,13,14). The molecule has 14 heavy (non-hydrogen) atoms. The first-order valence-electron chi connectivity index (χ1n) is 5.00. The fourth-order valence-corrected chi connectivity index (χ4v) is 1.45. The van der Waals surface area contributed by atoms with Gasteiger partial charge in [0.1, 0.15) is 0 Å². The largest absolute Gasteiger partial charge is 0.465 e. The van der Waals surface area contributed by atoms with Crippen LogP contribution in [0.15, 0.2) is 0 Å². The van der Waals surface area contributed by atoms with Crippen molar-refractivity contribution < 1.29 is 15.0 Å². The predicted molar refractivity (Wildman–Crippen MR) is 55.4 cm³/mol. The number of carboxylic acid groups (broad SMARTS) is 1. The third kappa shape index (κ3) is 4.46. The third-order valence-corrected chi connectivity index (χ3v) is 2.46. The van der Waals surface area contributed by atoms with E-state index in [2.05, 4.69) is 6.92 Å². The lowest BCUT2D eigenvalue weighted by molar-refractivity contribution is 0.0828. The first kappa shape index (κ1) is 13.2. The van der Waals surface area contributed by atoms with E-state index in [1.807, 2.05) is 6.92 Å². The Balaban J connectivity index is 4.16. The number of carbonyl (C=O) groups is 1. The summed E-state index contributed by atoms with van der Waals surface area (Å²) in [6.45, 7) is 4.42.